The van der Waals surface area contributed by atoms with Gasteiger partial charge in [-0.3, -0.25) is 4.79 Å². The van der Waals surface area contributed by atoms with Crippen molar-refractivity contribution >= 4 is 18.5 Å². The first-order valence-electron chi connectivity index (χ1n) is 6.47. The monoisotopic (exact) mass is 265 g/mol. The van der Waals surface area contributed by atoms with Gasteiger partial charge in [0.2, 0.25) is 5.91 Å². The summed E-state index contributed by atoms with van der Waals surface area (Å²) >= 11 is 4.25. The summed E-state index contributed by atoms with van der Waals surface area (Å²) < 4.78 is 0. The van der Waals surface area contributed by atoms with E-state index in [1.54, 1.807) is 0 Å². The lowest BCUT2D eigenvalue weighted by atomic mass is 10.1. The van der Waals surface area contributed by atoms with E-state index < -0.39 is 0 Å². The molecule has 1 amide bonds. The summed E-state index contributed by atoms with van der Waals surface area (Å²) in [5.74, 6) is 0.696. The number of benzene rings is 1. The molecule has 3 heteroatoms. The van der Waals surface area contributed by atoms with Crippen molar-refractivity contribution < 1.29 is 4.79 Å². The van der Waals surface area contributed by atoms with Crippen LogP contribution in [0.4, 0.5) is 0 Å². The van der Waals surface area contributed by atoms with Crippen molar-refractivity contribution in [1.29, 1.82) is 0 Å². The highest BCUT2D eigenvalue weighted by Gasteiger charge is 2.18. The SMILES string of the molecule is CC(C)CN(C(=O)Cc1ccc(S)cc1)C(C)C. The number of carbonyl (C=O) groups is 1. The topological polar surface area (TPSA) is 20.3 Å². The van der Waals surface area contributed by atoms with E-state index in [1.807, 2.05) is 29.2 Å². The second kappa shape index (κ2) is 6.83. The highest BCUT2D eigenvalue weighted by molar-refractivity contribution is 7.80. The van der Waals surface area contributed by atoms with Gasteiger partial charge in [0.1, 0.15) is 0 Å². The van der Waals surface area contributed by atoms with Crippen LogP contribution >= 0.6 is 12.6 Å². The molecule has 100 valence electrons. The van der Waals surface area contributed by atoms with E-state index in [4.69, 9.17) is 0 Å². The van der Waals surface area contributed by atoms with Crippen molar-refractivity contribution in [3.05, 3.63) is 29.8 Å². The number of nitrogens with zero attached hydrogens (tertiary/aromatic N) is 1. The molecule has 0 heterocycles. The first kappa shape index (κ1) is 15.1. The van der Waals surface area contributed by atoms with Crippen molar-refractivity contribution in [2.75, 3.05) is 6.54 Å². The van der Waals surface area contributed by atoms with E-state index in [1.165, 1.54) is 0 Å². The highest BCUT2D eigenvalue weighted by atomic mass is 32.1. The van der Waals surface area contributed by atoms with Crippen molar-refractivity contribution in [3.8, 4) is 0 Å². The number of hydrogen-bond acceptors (Lipinski definition) is 2. The molecule has 0 aliphatic heterocycles. The smallest absolute Gasteiger partial charge is 0.227 e. The fourth-order valence-corrected chi connectivity index (χ4v) is 2.03. The van der Waals surface area contributed by atoms with Gasteiger partial charge in [0, 0.05) is 17.5 Å². The molecule has 0 radical (unpaired) electrons. The molecule has 0 unspecified atom stereocenters. The van der Waals surface area contributed by atoms with Gasteiger partial charge in [0.25, 0.3) is 0 Å². The third-order valence-corrected chi connectivity index (χ3v) is 3.10. The van der Waals surface area contributed by atoms with Crippen LogP contribution in [0.1, 0.15) is 33.3 Å². The van der Waals surface area contributed by atoms with Crippen LogP contribution in [0.15, 0.2) is 29.2 Å². The van der Waals surface area contributed by atoms with E-state index in [0.717, 1.165) is 17.0 Å². The first-order valence-corrected chi connectivity index (χ1v) is 6.92. The Morgan fingerprint density at radius 1 is 1.17 bits per heavy atom. The fraction of sp³-hybridized carbons (Fsp3) is 0.533. The summed E-state index contributed by atoms with van der Waals surface area (Å²) in [4.78, 5) is 15.2. The quantitative estimate of drug-likeness (QED) is 0.809. The lowest BCUT2D eigenvalue weighted by Crippen LogP contribution is -2.40. The maximum atomic E-state index is 12.3. The summed E-state index contributed by atoms with van der Waals surface area (Å²) in [5, 5.41) is 0. The van der Waals surface area contributed by atoms with Gasteiger partial charge in [-0.1, -0.05) is 26.0 Å². The van der Waals surface area contributed by atoms with Gasteiger partial charge in [-0.2, -0.15) is 0 Å². The molecule has 0 spiro atoms. The van der Waals surface area contributed by atoms with Gasteiger partial charge in [-0.05, 0) is 37.5 Å². The van der Waals surface area contributed by atoms with Crippen LogP contribution in [0.3, 0.4) is 0 Å². The van der Waals surface area contributed by atoms with E-state index >= 15 is 0 Å². The molecule has 18 heavy (non-hydrogen) atoms. The normalized spacial score (nSPS) is 11.1. The Hall–Kier alpha value is -0.960. The molecule has 0 atom stereocenters. The Balaban J connectivity index is 2.69. The summed E-state index contributed by atoms with van der Waals surface area (Å²) in [6.07, 6.45) is 0.471. The minimum Gasteiger partial charge on any atom is -0.340 e. The van der Waals surface area contributed by atoms with E-state index in [0.29, 0.717) is 12.3 Å². The second-order valence-corrected chi connectivity index (χ2v) is 5.89. The van der Waals surface area contributed by atoms with Gasteiger partial charge >= 0.3 is 0 Å². The van der Waals surface area contributed by atoms with Crippen molar-refractivity contribution in [3.63, 3.8) is 0 Å². The maximum Gasteiger partial charge on any atom is 0.227 e. The Morgan fingerprint density at radius 3 is 2.17 bits per heavy atom. The van der Waals surface area contributed by atoms with Crippen molar-refractivity contribution in [2.24, 2.45) is 5.92 Å². The average Bonchev–Trinajstić information content (AvgIpc) is 2.28. The van der Waals surface area contributed by atoms with Crippen LogP contribution in [-0.2, 0) is 11.2 Å². The number of hydrogen-bond donors (Lipinski definition) is 1. The maximum absolute atomic E-state index is 12.3. The van der Waals surface area contributed by atoms with Gasteiger partial charge in [-0.15, -0.1) is 12.6 Å². The zero-order valence-electron chi connectivity index (χ0n) is 11.7. The minimum atomic E-state index is 0.200. The molecule has 2 nitrogen and oxygen atoms in total. The molecule has 0 bridgehead atoms. The minimum absolute atomic E-state index is 0.200. The Bertz CT molecular complexity index is 384. The molecule has 0 fully saturated rings. The van der Waals surface area contributed by atoms with E-state index in [-0.39, 0.29) is 11.9 Å². The molecule has 0 aliphatic rings. The van der Waals surface area contributed by atoms with Gasteiger partial charge in [-0.25, -0.2) is 0 Å². The molecule has 0 saturated heterocycles. The number of rotatable bonds is 5. The Morgan fingerprint density at radius 2 is 1.72 bits per heavy atom. The third kappa shape index (κ3) is 4.73. The lowest BCUT2D eigenvalue weighted by Gasteiger charge is -2.28. The largest absolute Gasteiger partial charge is 0.340 e. The van der Waals surface area contributed by atoms with Gasteiger partial charge < -0.3 is 4.90 Å². The second-order valence-electron chi connectivity index (χ2n) is 5.38. The van der Waals surface area contributed by atoms with Crippen LogP contribution < -0.4 is 0 Å². The molecule has 0 N–H and O–H groups in total. The zero-order valence-corrected chi connectivity index (χ0v) is 12.6. The molecular formula is C15H23NOS. The highest BCUT2D eigenvalue weighted by Crippen LogP contribution is 2.11. The predicted molar refractivity (Wildman–Crippen MR) is 79.1 cm³/mol. The average molecular weight is 265 g/mol. The van der Waals surface area contributed by atoms with Crippen LogP contribution in [0.25, 0.3) is 0 Å². The predicted octanol–water partition coefficient (Wildman–Crippen LogP) is 3.41. The molecule has 0 saturated carbocycles. The molecule has 0 aliphatic carbocycles. The van der Waals surface area contributed by atoms with Crippen molar-refractivity contribution in [2.45, 2.75) is 45.1 Å². The van der Waals surface area contributed by atoms with Gasteiger partial charge in [0.05, 0.1) is 6.42 Å². The lowest BCUT2D eigenvalue weighted by molar-refractivity contribution is -0.132. The third-order valence-electron chi connectivity index (χ3n) is 2.80. The van der Waals surface area contributed by atoms with Crippen LogP contribution in [-0.4, -0.2) is 23.4 Å². The summed E-state index contributed by atoms with van der Waals surface area (Å²) in [6.45, 7) is 9.23. The molecule has 0 aromatic heterocycles. The van der Waals surface area contributed by atoms with Crippen molar-refractivity contribution in [1.82, 2.24) is 4.90 Å². The standard InChI is InChI=1S/C15H23NOS/c1-11(2)10-16(12(3)4)15(17)9-13-5-7-14(18)8-6-13/h5-8,11-12,18H,9-10H2,1-4H3. The van der Waals surface area contributed by atoms with Crippen LogP contribution in [0.2, 0.25) is 0 Å². The zero-order chi connectivity index (χ0) is 13.7. The first-order chi connectivity index (χ1) is 8.40. The molecule has 1 aromatic carbocycles. The van der Waals surface area contributed by atoms with Crippen LogP contribution in [0, 0.1) is 5.92 Å². The van der Waals surface area contributed by atoms with E-state index in [2.05, 4.69) is 40.3 Å². The van der Waals surface area contributed by atoms with Gasteiger partial charge in [0.15, 0.2) is 0 Å². The molecule has 1 rings (SSSR count). The summed E-state index contributed by atoms with van der Waals surface area (Å²) in [6, 6.07) is 8.04. The van der Waals surface area contributed by atoms with Crippen LogP contribution in [0.5, 0.6) is 0 Å². The Kier molecular flexibility index (Phi) is 5.73. The van der Waals surface area contributed by atoms with E-state index in [9.17, 15) is 4.79 Å². The summed E-state index contributed by atoms with van der Waals surface area (Å²) in [5.41, 5.74) is 1.05. The molecule has 1 aromatic rings. The number of amides is 1. The molecular weight excluding hydrogens is 242 g/mol. The number of thiol groups is 1. The summed E-state index contributed by atoms with van der Waals surface area (Å²) in [7, 11) is 0. The Labute approximate surface area is 116 Å². The number of carbonyl (C=O) groups excluding carboxylic acids is 1. The fourth-order valence-electron chi connectivity index (χ4n) is 1.88.